The Morgan fingerprint density at radius 2 is 1.43 bits per heavy atom. The molecule has 0 heterocycles. The van der Waals surface area contributed by atoms with Crippen LogP contribution in [-0.4, -0.2) is 0 Å². The molecule has 0 aliphatic carbocycles. The van der Waals surface area contributed by atoms with Gasteiger partial charge in [-0.25, -0.2) is 0 Å². The van der Waals surface area contributed by atoms with Gasteiger partial charge in [-0.1, -0.05) is 20.3 Å². The Bertz CT molecular complexity index is 21.4. The van der Waals surface area contributed by atoms with Gasteiger partial charge in [0.2, 0.25) is 0 Å². The number of rotatable bonds is 0. The summed E-state index contributed by atoms with van der Waals surface area (Å²) in [5, 5.41) is 0. The molecular formula is C3H7Cl3Rh. The third-order valence-corrected chi connectivity index (χ3v) is 0. The van der Waals surface area contributed by atoms with Crippen molar-refractivity contribution in [1.82, 2.24) is 0 Å². The van der Waals surface area contributed by atoms with E-state index in [0.29, 0.717) is 0 Å². The molecule has 0 aromatic rings. The molecule has 0 unspecified atom stereocenters. The van der Waals surface area contributed by atoms with Crippen molar-refractivity contribution in [1.29, 1.82) is 0 Å². The maximum absolute atomic E-state index is 4.94. The number of halogens is 3. The molecule has 0 bridgehead atoms. The molecule has 7 heavy (non-hydrogen) atoms. The first-order valence-electron chi connectivity index (χ1n) is 1.59. The number of hydrogen-bond donors (Lipinski definition) is 0. The Kier molecular flexibility index (Phi) is 16.9. The van der Waals surface area contributed by atoms with Crippen LogP contribution in [0.3, 0.4) is 0 Å². The molecule has 0 amide bonds. The topological polar surface area (TPSA) is 0 Å². The first-order chi connectivity index (χ1) is 3.15. The van der Waals surface area contributed by atoms with Crippen molar-refractivity contribution in [3.05, 3.63) is 6.92 Å². The average molecular weight is 252 g/mol. The van der Waals surface area contributed by atoms with E-state index in [1.807, 2.05) is 6.92 Å². The molecule has 4 heteroatoms. The molecule has 0 aliphatic heterocycles. The normalized spacial score (nSPS) is 9.00. The molecule has 0 saturated carbocycles. The Hall–Kier alpha value is 1.49. The fourth-order valence-electron chi connectivity index (χ4n) is 0. The van der Waals surface area contributed by atoms with E-state index in [0.717, 1.165) is 6.42 Å². The molecule has 1 radical (unpaired) electrons. The standard InChI is InChI=1S/C3H7.3ClH.Rh/c1-3-2;;;;/h1,3H2,2H3;3*1H;/q;;;;+3/p-3. The van der Waals surface area contributed by atoms with Crippen LogP contribution in [0, 0.1) is 6.92 Å². The fraction of sp³-hybridized carbons (Fsp3) is 0.667. The van der Waals surface area contributed by atoms with Crippen molar-refractivity contribution in [2.75, 3.05) is 0 Å². The van der Waals surface area contributed by atoms with Gasteiger partial charge >= 0.3 is 42.1 Å². The van der Waals surface area contributed by atoms with Crippen molar-refractivity contribution < 1.29 is 13.0 Å². The third-order valence-electron chi connectivity index (χ3n) is 0. The third kappa shape index (κ3) is 101. The molecule has 49 valence electrons. The van der Waals surface area contributed by atoms with E-state index < -0.39 is 13.0 Å². The van der Waals surface area contributed by atoms with Crippen LogP contribution in [0.4, 0.5) is 0 Å². The molecule has 0 N–H and O–H groups in total. The van der Waals surface area contributed by atoms with Crippen molar-refractivity contribution >= 4 is 29.1 Å². The summed E-state index contributed by atoms with van der Waals surface area (Å²) in [5.74, 6) is 0. The predicted octanol–water partition coefficient (Wildman–Crippen LogP) is 3.30. The molecule has 0 nitrogen and oxygen atoms in total. The Balaban J connectivity index is 0. The van der Waals surface area contributed by atoms with Gasteiger partial charge in [0.1, 0.15) is 0 Å². The summed E-state index contributed by atoms with van der Waals surface area (Å²) in [4.78, 5) is 0. The molecular weight excluding hydrogens is 245 g/mol. The van der Waals surface area contributed by atoms with E-state index in [9.17, 15) is 0 Å². The fourth-order valence-corrected chi connectivity index (χ4v) is 0. The van der Waals surface area contributed by atoms with Crippen LogP contribution in [0.2, 0.25) is 0 Å². The molecule has 0 fully saturated rings. The number of hydrogen-bond acceptors (Lipinski definition) is 0. The van der Waals surface area contributed by atoms with Gasteiger partial charge in [0.05, 0.1) is 0 Å². The van der Waals surface area contributed by atoms with Crippen molar-refractivity contribution in [2.45, 2.75) is 13.3 Å². The summed E-state index contributed by atoms with van der Waals surface area (Å²) >= 11 is -1.66. The van der Waals surface area contributed by atoms with Crippen LogP contribution < -0.4 is 0 Å². The summed E-state index contributed by atoms with van der Waals surface area (Å²) < 4.78 is 0. The van der Waals surface area contributed by atoms with E-state index in [4.69, 9.17) is 29.1 Å². The van der Waals surface area contributed by atoms with Gasteiger partial charge in [-0.2, -0.15) is 0 Å². The van der Waals surface area contributed by atoms with E-state index >= 15 is 0 Å². The molecule has 0 rings (SSSR count). The van der Waals surface area contributed by atoms with Gasteiger partial charge in [-0.05, 0) is 0 Å². The van der Waals surface area contributed by atoms with Gasteiger partial charge in [0.25, 0.3) is 0 Å². The van der Waals surface area contributed by atoms with E-state index in [2.05, 4.69) is 6.92 Å². The first-order valence-corrected chi connectivity index (χ1v) is 7.92. The quantitative estimate of drug-likeness (QED) is 0.580. The zero-order chi connectivity index (χ0) is 6.28. The minimum atomic E-state index is -1.66. The first kappa shape index (κ1) is 11.3. The van der Waals surface area contributed by atoms with E-state index in [1.54, 1.807) is 0 Å². The summed E-state index contributed by atoms with van der Waals surface area (Å²) in [6.07, 6.45) is 1.00. The molecule has 0 aromatic heterocycles. The van der Waals surface area contributed by atoms with Crippen LogP contribution in [0.25, 0.3) is 0 Å². The van der Waals surface area contributed by atoms with Gasteiger partial charge < -0.3 is 0 Å². The Labute approximate surface area is 62.2 Å². The molecule has 0 atom stereocenters. The summed E-state index contributed by atoms with van der Waals surface area (Å²) in [5.41, 5.74) is 0. The Morgan fingerprint density at radius 3 is 1.43 bits per heavy atom. The molecule has 0 spiro atoms. The molecule has 0 saturated heterocycles. The maximum atomic E-state index is 4.94. The van der Waals surface area contributed by atoms with Crippen molar-refractivity contribution in [3.8, 4) is 0 Å². The second-order valence-electron chi connectivity index (χ2n) is 0.643. The van der Waals surface area contributed by atoms with Crippen molar-refractivity contribution in [3.63, 3.8) is 0 Å². The summed E-state index contributed by atoms with van der Waals surface area (Å²) in [6, 6.07) is 0. The zero-order valence-corrected chi connectivity index (χ0v) is 7.79. The van der Waals surface area contributed by atoms with Crippen LogP contribution in [0.15, 0.2) is 0 Å². The van der Waals surface area contributed by atoms with Crippen LogP contribution >= 0.6 is 29.1 Å². The predicted molar refractivity (Wildman–Crippen MR) is 33.2 cm³/mol. The van der Waals surface area contributed by atoms with E-state index in [-0.39, 0.29) is 0 Å². The van der Waals surface area contributed by atoms with Crippen molar-refractivity contribution in [2.24, 2.45) is 0 Å². The van der Waals surface area contributed by atoms with Gasteiger partial charge in [0.15, 0.2) is 0 Å². The molecule has 0 aliphatic rings. The second kappa shape index (κ2) is 10.5. The van der Waals surface area contributed by atoms with Crippen LogP contribution in [0.5, 0.6) is 0 Å². The van der Waals surface area contributed by atoms with Crippen LogP contribution in [0.1, 0.15) is 13.3 Å². The Morgan fingerprint density at radius 1 is 1.43 bits per heavy atom. The van der Waals surface area contributed by atoms with E-state index in [1.165, 1.54) is 0 Å². The van der Waals surface area contributed by atoms with Gasteiger partial charge in [-0.15, -0.1) is 0 Å². The second-order valence-corrected chi connectivity index (χ2v) is 8.11. The monoisotopic (exact) mass is 251 g/mol. The van der Waals surface area contributed by atoms with Crippen LogP contribution in [-0.2, 0) is 13.0 Å². The SMILES string of the molecule is [CH2]CC.[Cl][Rh]([Cl])[Cl]. The van der Waals surface area contributed by atoms with Gasteiger partial charge in [-0.3, -0.25) is 0 Å². The zero-order valence-electron chi connectivity index (χ0n) is 3.88. The summed E-state index contributed by atoms with van der Waals surface area (Å²) in [7, 11) is 14.8. The average Bonchev–Trinajstić information content (AvgIpc) is 1.33. The minimum absolute atomic E-state index is 1.00. The molecule has 0 aromatic carbocycles. The van der Waals surface area contributed by atoms with Gasteiger partial charge in [0, 0.05) is 0 Å². The summed E-state index contributed by atoms with van der Waals surface area (Å²) in [6.45, 7) is 5.50.